The molecule has 6 aliphatic rings. The molecule has 4 saturated carbocycles. The SMILES string of the molecule is CCOc1nc(-c2ccc(F)cc2)c(C2CC2)cc1CN1CCC2(CC1)CN(C13CC(CP(=O)(OC)OC)(C1)C3)C(=O)O2. The van der Waals surface area contributed by atoms with Crippen molar-refractivity contribution in [2.75, 3.05) is 46.6 Å². The summed E-state index contributed by atoms with van der Waals surface area (Å²) in [6.07, 6.45) is 6.52. The fourth-order valence-electron chi connectivity index (χ4n) is 8.09. The highest BCUT2D eigenvalue weighted by atomic mass is 31.2. The van der Waals surface area contributed by atoms with Crippen LogP contribution in [0.2, 0.25) is 0 Å². The van der Waals surface area contributed by atoms with Gasteiger partial charge in [0.2, 0.25) is 5.88 Å². The molecule has 2 bridgehead atoms. The predicted octanol–water partition coefficient (Wildman–Crippen LogP) is 6.36. The number of hydrogen-bond acceptors (Lipinski definition) is 8. The number of carbonyl (C=O) groups is 1. The van der Waals surface area contributed by atoms with Crippen LogP contribution < -0.4 is 4.74 Å². The van der Waals surface area contributed by atoms with Crippen molar-refractivity contribution in [2.24, 2.45) is 5.41 Å². The van der Waals surface area contributed by atoms with Gasteiger partial charge in [-0.25, -0.2) is 14.2 Å². The predicted molar refractivity (Wildman–Crippen MR) is 159 cm³/mol. The fraction of sp³-hybridized carbons (Fsp3) is 0.625. The molecule has 0 unspecified atom stereocenters. The Bertz CT molecular complexity index is 1430. The molecule has 2 aliphatic heterocycles. The minimum Gasteiger partial charge on any atom is -0.478 e. The van der Waals surface area contributed by atoms with E-state index < -0.39 is 13.2 Å². The van der Waals surface area contributed by atoms with Gasteiger partial charge in [0.25, 0.3) is 0 Å². The molecule has 43 heavy (non-hydrogen) atoms. The third-order valence-corrected chi connectivity index (χ3v) is 12.6. The van der Waals surface area contributed by atoms with Gasteiger partial charge in [0.05, 0.1) is 25.0 Å². The number of ether oxygens (including phenoxy) is 2. The Labute approximate surface area is 252 Å². The average molecular weight is 614 g/mol. The van der Waals surface area contributed by atoms with Crippen molar-refractivity contribution in [2.45, 2.75) is 75.5 Å². The molecule has 0 N–H and O–H groups in total. The number of amides is 1. The Morgan fingerprint density at radius 2 is 1.77 bits per heavy atom. The second-order valence-corrected chi connectivity index (χ2v) is 15.7. The second-order valence-electron chi connectivity index (χ2n) is 13.4. The van der Waals surface area contributed by atoms with Crippen molar-refractivity contribution in [1.82, 2.24) is 14.8 Å². The van der Waals surface area contributed by atoms with Gasteiger partial charge in [-0.15, -0.1) is 0 Å². The first-order chi connectivity index (χ1) is 20.6. The molecule has 1 aromatic heterocycles. The summed E-state index contributed by atoms with van der Waals surface area (Å²) in [4.78, 5) is 22.5. The minimum atomic E-state index is -3.08. The van der Waals surface area contributed by atoms with Crippen molar-refractivity contribution in [1.29, 1.82) is 0 Å². The molecule has 1 amide bonds. The molecule has 11 heteroatoms. The van der Waals surface area contributed by atoms with Crippen LogP contribution in [-0.2, 0) is 24.9 Å². The second kappa shape index (κ2) is 10.5. The molecule has 3 heterocycles. The molecule has 4 aliphatic carbocycles. The van der Waals surface area contributed by atoms with Crippen LogP contribution in [0.25, 0.3) is 11.3 Å². The standard InChI is InChI=1S/C32H41FN3O6P/c1-4-41-28-24(15-26(22-5-6-22)27(34-28)23-7-9-25(33)10-8-23)16-35-13-11-32(12-14-35)20-36(29(37)42-32)31-17-30(18-31,19-31)21-43(38,39-2)40-3/h7-10,15,22H,4-6,11-14,16-21H2,1-3H3. The Kier molecular flexibility index (Phi) is 7.16. The van der Waals surface area contributed by atoms with Crippen LogP contribution in [0.3, 0.4) is 0 Å². The van der Waals surface area contributed by atoms with Gasteiger partial charge in [0.15, 0.2) is 0 Å². The molecule has 2 aromatic rings. The monoisotopic (exact) mass is 613 g/mol. The molecule has 8 rings (SSSR count). The molecule has 6 fully saturated rings. The van der Waals surface area contributed by atoms with E-state index in [-0.39, 0.29) is 22.9 Å². The Morgan fingerprint density at radius 1 is 1.09 bits per heavy atom. The number of piperidine rings is 1. The Hall–Kier alpha value is -2.52. The summed E-state index contributed by atoms with van der Waals surface area (Å²) in [6, 6.07) is 8.80. The van der Waals surface area contributed by atoms with Crippen LogP contribution in [0.1, 0.15) is 68.9 Å². The zero-order valence-electron chi connectivity index (χ0n) is 25.3. The van der Waals surface area contributed by atoms with Crippen LogP contribution in [0, 0.1) is 11.2 Å². The van der Waals surface area contributed by atoms with E-state index in [9.17, 15) is 13.8 Å². The number of likely N-dealkylation sites (tertiary alicyclic amines) is 1. The van der Waals surface area contributed by atoms with Crippen molar-refractivity contribution >= 4 is 13.7 Å². The molecule has 1 spiro atoms. The maximum atomic E-state index is 13.6. The summed E-state index contributed by atoms with van der Waals surface area (Å²) in [5.74, 6) is 0.850. The number of halogens is 1. The maximum absolute atomic E-state index is 13.6. The van der Waals surface area contributed by atoms with E-state index in [4.69, 9.17) is 23.5 Å². The summed E-state index contributed by atoms with van der Waals surface area (Å²) in [7, 11) is -0.210. The molecular weight excluding hydrogens is 572 g/mol. The number of carbonyl (C=O) groups excluding carboxylic acids is 1. The number of benzene rings is 1. The molecule has 0 atom stereocenters. The van der Waals surface area contributed by atoms with Gasteiger partial charge in [-0.05, 0) is 86.3 Å². The smallest absolute Gasteiger partial charge is 0.410 e. The maximum Gasteiger partial charge on any atom is 0.410 e. The molecule has 9 nitrogen and oxygen atoms in total. The summed E-state index contributed by atoms with van der Waals surface area (Å²) >= 11 is 0. The largest absolute Gasteiger partial charge is 0.478 e. The Morgan fingerprint density at radius 3 is 2.37 bits per heavy atom. The fourth-order valence-corrected chi connectivity index (χ4v) is 9.65. The molecule has 232 valence electrons. The normalized spacial score (nSPS) is 28.0. The lowest BCUT2D eigenvalue weighted by molar-refractivity contribution is -0.188. The molecular formula is C32H41FN3O6P. The third kappa shape index (κ3) is 5.18. The minimum absolute atomic E-state index is 0.0567. The summed E-state index contributed by atoms with van der Waals surface area (Å²) < 4.78 is 48.8. The zero-order chi connectivity index (χ0) is 30.0. The molecule has 1 aromatic carbocycles. The number of nitrogens with zero attached hydrogens (tertiary/aromatic N) is 3. The lowest BCUT2D eigenvalue weighted by Crippen LogP contribution is -2.76. The van der Waals surface area contributed by atoms with Crippen molar-refractivity contribution < 1.29 is 32.3 Å². The molecule has 0 radical (unpaired) electrons. The summed E-state index contributed by atoms with van der Waals surface area (Å²) in [6.45, 7) is 5.43. The number of hydrogen-bond donors (Lipinski definition) is 0. The van der Waals surface area contributed by atoms with Crippen LogP contribution >= 0.6 is 7.60 Å². The number of aromatic nitrogens is 1. The van der Waals surface area contributed by atoms with Crippen molar-refractivity contribution in [3.05, 3.63) is 47.3 Å². The van der Waals surface area contributed by atoms with Gasteiger partial charge >= 0.3 is 13.7 Å². The summed E-state index contributed by atoms with van der Waals surface area (Å²) in [5, 5.41) is 0. The van der Waals surface area contributed by atoms with E-state index in [2.05, 4.69) is 11.0 Å². The van der Waals surface area contributed by atoms with Gasteiger partial charge in [-0.2, -0.15) is 0 Å². The van der Waals surface area contributed by atoms with E-state index >= 15 is 0 Å². The van der Waals surface area contributed by atoms with Crippen LogP contribution in [-0.4, -0.2) is 78.6 Å². The van der Waals surface area contributed by atoms with Crippen molar-refractivity contribution in [3.63, 3.8) is 0 Å². The highest BCUT2D eigenvalue weighted by Gasteiger charge is 2.74. The molecule has 2 saturated heterocycles. The highest BCUT2D eigenvalue weighted by molar-refractivity contribution is 7.53. The first-order valence-corrected chi connectivity index (χ1v) is 17.2. The topological polar surface area (TPSA) is 90.4 Å². The average Bonchev–Trinajstić information content (AvgIpc) is 3.76. The van der Waals surface area contributed by atoms with E-state index in [1.807, 2.05) is 11.8 Å². The van der Waals surface area contributed by atoms with Crippen LogP contribution in [0.5, 0.6) is 5.88 Å². The lowest BCUT2D eigenvalue weighted by atomic mass is 9.39. The van der Waals surface area contributed by atoms with Crippen LogP contribution in [0.15, 0.2) is 30.3 Å². The van der Waals surface area contributed by atoms with Gasteiger partial charge in [0.1, 0.15) is 11.4 Å². The Balaban J connectivity index is 1.01. The highest BCUT2D eigenvalue weighted by Crippen LogP contribution is 2.74. The van der Waals surface area contributed by atoms with Crippen molar-refractivity contribution in [3.8, 4) is 17.1 Å². The number of pyridine rings is 1. The third-order valence-electron chi connectivity index (χ3n) is 10.4. The van der Waals surface area contributed by atoms with Crippen LogP contribution in [0.4, 0.5) is 9.18 Å². The van der Waals surface area contributed by atoms with E-state index in [1.54, 1.807) is 12.1 Å². The van der Waals surface area contributed by atoms with Gasteiger partial charge in [-0.3, -0.25) is 14.4 Å². The summed E-state index contributed by atoms with van der Waals surface area (Å²) in [5.41, 5.74) is 3.38. The van der Waals surface area contributed by atoms with Gasteiger partial charge < -0.3 is 18.5 Å². The first kappa shape index (κ1) is 29.2. The number of rotatable bonds is 11. The van der Waals surface area contributed by atoms with E-state index in [1.165, 1.54) is 31.9 Å². The quantitative estimate of drug-likeness (QED) is 0.271. The lowest BCUT2D eigenvalue weighted by Gasteiger charge is -2.73. The zero-order valence-corrected chi connectivity index (χ0v) is 26.2. The first-order valence-electron chi connectivity index (χ1n) is 15.5. The van der Waals surface area contributed by atoms with Gasteiger partial charge in [0, 0.05) is 63.4 Å². The van der Waals surface area contributed by atoms with E-state index in [0.29, 0.717) is 37.7 Å². The van der Waals surface area contributed by atoms with Gasteiger partial charge in [-0.1, -0.05) is 0 Å². The van der Waals surface area contributed by atoms with E-state index in [0.717, 1.165) is 74.9 Å².